The second kappa shape index (κ2) is 5.06. The van der Waals surface area contributed by atoms with Gasteiger partial charge in [-0.25, -0.2) is 17.2 Å². The summed E-state index contributed by atoms with van der Waals surface area (Å²) in [7, 11) is -1.79. The lowest BCUT2D eigenvalue weighted by Crippen LogP contribution is -2.42. The molecule has 0 amide bonds. The highest BCUT2D eigenvalue weighted by atomic mass is 35.7. The number of alkyl halides is 4. The van der Waals surface area contributed by atoms with Gasteiger partial charge in [0.2, 0.25) is 0 Å². The van der Waals surface area contributed by atoms with Crippen LogP contribution in [-0.4, -0.2) is 18.9 Å². The predicted octanol–water partition coefficient (Wildman–Crippen LogP) is 3.81. The summed E-state index contributed by atoms with van der Waals surface area (Å²) in [5.74, 6) is -3.07. The van der Waals surface area contributed by atoms with Crippen molar-refractivity contribution in [2.75, 3.05) is 0 Å². The first-order valence-corrected chi connectivity index (χ1v) is 7.35. The fourth-order valence-corrected chi connectivity index (χ4v) is 2.78. The molecule has 1 rings (SSSR count). The first-order valence-electron chi connectivity index (χ1n) is 4.23. The van der Waals surface area contributed by atoms with E-state index >= 15 is 0 Å². The normalized spacial score (nSPS) is 13.6. The molecule has 0 saturated heterocycles. The maximum atomic E-state index is 13.2. The van der Waals surface area contributed by atoms with E-state index in [9.17, 15) is 34.8 Å². The zero-order valence-corrected chi connectivity index (χ0v) is 10.9. The molecule has 0 bridgehead atoms. The molecule has 1 aromatic carbocycles. The molecule has 0 aromatic heterocycles. The van der Waals surface area contributed by atoms with E-state index in [-0.39, 0.29) is 0 Å². The molecule has 0 unspecified atom stereocenters. The minimum atomic E-state index is -5.98. The standard InChI is InChI=1S/C8H3ClF6O2S2/c9-19(16,17)8(14,15)7(12,13)18-6-4(10)2-1-3-5(6)11/h1-3H. The van der Waals surface area contributed by atoms with Crippen molar-refractivity contribution < 1.29 is 34.8 Å². The van der Waals surface area contributed by atoms with Crippen LogP contribution in [0.5, 0.6) is 0 Å². The molecule has 11 heteroatoms. The van der Waals surface area contributed by atoms with Crippen molar-refractivity contribution in [3.8, 4) is 0 Å². The highest BCUT2D eigenvalue weighted by Crippen LogP contribution is 2.51. The third-order valence-electron chi connectivity index (χ3n) is 1.79. The molecular weight excluding hydrogens is 342 g/mol. The summed E-state index contributed by atoms with van der Waals surface area (Å²) in [6, 6.07) is 1.92. The van der Waals surface area contributed by atoms with E-state index in [0.717, 1.165) is 6.07 Å². The Kier molecular flexibility index (Phi) is 4.38. The second-order valence-electron chi connectivity index (χ2n) is 3.12. The van der Waals surface area contributed by atoms with Crippen molar-refractivity contribution in [2.24, 2.45) is 0 Å². The average molecular weight is 345 g/mol. The summed E-state index contributed by atoms with van der Waals surface area (Å²) < 4.78 is 99.0. The highest BCUT2D eigenvalue weighted by Gasteiger charge is 2.66. The van der Waals surface area contributed by atoms with Crippen LogP contribution in [0.15, 0.2) is 23.1 Å². The monoisotopic (exact) mass is 344 g/mol. The quantitative estimate of drug-likeness (QED) is 0.473. The molecule has 19 heavy (non-hydrogen) atoms. The lowest BCUT2D eigenvalue weighted by molar-refractivity contribution is -0.0888. The van der Waals surface area contributed by atoms with Gasteiger partial charge in [0, 0.05) is 10.7 Å². The molecule has 0 saturated carbocycles. The van der Waals surface area contributed by atoms with Crippen molar-refractivity contribution in [1.29, 1.82) is 0 Å². The molecule has 1 aromatic rings. The number of thioether (sulfide) groups is 1. The molecule has 0 atom stereocenters. The molecule has 0 N–H and O–H groups in total. The van der Waals surface area contributed by atoms with Gasteiger partial charge >= 0.3 is 19.6 Å². The third kappa shape index (κ3) is 3.11. The van der Waals surface area contributed by atoms with Crippen molar-refractivity contribution in [1.82, 2.24) is 0 Å². The van der Waals surface area contributed by atoms with Crippen molar-refractivity contribution in [3.63, 3.8) is 0 Å². The van der Waals surface area contributed by atoms with Gasteiger partial charge in [0.25, 0.3) is 0 Å². The van der Waals surface area contributed by atoms with Crippen LogP contribution < -0.4 is 0 Å². The Morgan fingerprint density at radius 3 is 1.84 bits per heavy atom. The summed E-state index contributed by atoms with van der Waals surface area (Å²) in [4.78, 5) is -1.44. The summed E-state index contributed by atoms with van der Waals surface area (Å²) in [6.07, 6.45) is 0. The van der Waals surface area contributed by atoms with Crippen LogP contribution in [-0.2, 0) is 9.05 Å². The maximum Gasteiger partial charge on any atom is 0.431 e. The Bertz CT molecular complexity index is 569. The van der Waals surface area contributed by atoms with Crippen molar-refractivity contribution >= 4 is 31.5 Å². The summed E-state index contributed by atoms with van der Waals surface area (Å²) in [5, 5.41) is -11.0. The summed E-state index contributed by atoms with van der Waals surface area (Å²) in [6.45, 7) is 0. The van der Waals surface area contributed by atoms with Crippen LogP contribution in [0.1, 0.15) is 0 Å². The van der Waals surface area contributed by atoms with E-state index in [4.69, 9.17) is 0 Å². The Hall–Kier alpha value is -0.610. The smallest absolute Gasteiger partial charge is 0.206 e. The lowest BCUT2D eigenvalue weighted by atomic mass is 10.3. The third-order valence-corrected chi connectivity index (χ3v) is 4.48. The van der Waals surface area contributed by atoms with Crippen LogP contribution >= 0.6 is 22.4 Å². The van der Waals surface area contributed by atoms with E-state index in [2.05, 4.69) is 10.7 Å². The van der Waals surface area contributed by atoms with Gasteiger partial charge in [-0.3, -0.25) is 0 Å². The minimum absolute atomic E-state index is 0.550. The number of halogens is 7. The zero-order valence-electron chi connectivity index (χ0n) is 8.51. The van der Waals surface area contributed by atoms with Gasteiger partial charge in [0.1, 0.15) is 11.6 Å². The van der Waals surface area contributed by atoms with E-state index in [0.29, 0.717) is 12.1 Å². The van der Waals surface area contributed by atoms with Gasteiger partial charge in [0.15, 0.2) is 0 Å². The summed E-state index contributed by atoms with van der Waals surface area (Å²) in [5.41, 5.74) is 0. The van der Waals surface area contributed by atoms with E-state index in [1.807, 2.05) is 0 Å². The molecule has 0 heterocycles. The Morgan fingerprint density at radius 1 is 1.05 bits per heavy atom. The highest BCUT2D eigenvalue weighted by molar-refractivity contribution is 8.15. The van der Waals surface area contributed by atoms with Gasteiger partial charge in [0.05, 0.1) is 4.90 Å². The van der Waals surface area contributed by atoms with Gasteiger partial charge in [-0.2, -0.15) is 17.6 Å². The number of rotatable bonds is 4. The van der Waals surface area contributed by atoms with Gasteiger partial charge in [-0.1, -0.05) is 6.07 Å². The van der Waals surface area contributed by atoms with Crippen LogP contribution in [0.25, 0.3) is 0 Å². The Labute approximate surface area is 112 Å². The summed E-state index contributed by atoms with van der Waals surface area (Å²) >= 11 is -1.26. The molecule has 0 fully saturated rings. The lowest BCUT2D eigenvalue weighted by Gasteiger charge is -2.23. The Balaban J connectivity index is 3.24. The zero-order chi connectivity index (χ0) is 15.1. The fraction of sp³-hybridized carbons (Fsp3) is 0.250. The Morgan fingerprint density at radius 2 is 1.47 bits per heavy atom. The number of benzene rings is 1. The van der Waals surface area contributed by atoms with E-state index < -0.39 is 47.9 Å². The topological polar surface area (TPSA) is 34.1 Å². The minimum Gasteiger partial charge on any atom is -0.206 e. The van der Waals surface area contributed by atoms with Crippen LogP contribution in [0.4, 0.5) is 26.3 Å². The van der Waals surface area contributed by atoms with E-state index in [1.165, 1.54) is 0 Å². The van der Waals surface area contributed by atoms with E-state index in [1.54, 1.807) is 0 Å². The molecule has 0 spiro atoms. The maximum absolute atomic E-state index is 13.2. The molecule has 0 aliphatic heterocycles. The molecular formula is C8H3ClF6O2S2. The van der Waals surface area contributed by atoms with Crippen LogP contribution in [0, 0.1) is 11.6 Å². The largest absolute Gasteiger partial charge is 0.431 e. The predicted molar refractivity (Wildman–Crippen MR) is 56.9 cm³/mol. The molecule has 0 aliphatic rings. The number of hydrogen-bond donors (Lipinski definition) is 0. The first-order chi connectivity index (χ1) is 8.40. The van der Waals surface area contributed by atoms with Gasteiger partial charge in [-0.15, -0.1) is 0 Å². The molecule has 2 nitrogen and oxygen atoms in total. The van der Waals surface area contributed by atoms with Gasteiger partial charge in [-0.05, 0) is 23.9 Å². The SMILES string of the molecule is O=S(=O)(Cl)C(F)(F)C(F)(F)Sc1c(F)cccc1F. The van der Waals surface area contributed by atoms with Gasteiger partial charge < -0.3 is 0 Å². The fourth-order valence-electron chi connectivity index (χ4n) is 0.910. The molecule has 108 valence electrons. The second-order valence-corrected chi connectivity index (χ2v) is 6.86. The van der Waals surface area contributed by atoms with Crippen molar-refractivity contribution in [3.05, 3.63) is 29.8 Å². The number of hydrogen-bond acceptors (Lipinski definition) is 3. The average Bonchev–Trinajstić information content (AvgIpc) is 2.22. The first kappa shape index (κ1) is 16.4. The molecule has 0 aliphatic carbocycles. The van der Waals surface area contributed by atoms with Crippen LogP contribution in [0.2, 0.25) is 0 Å². The molecule has 0 radical (unpaired) electrons. The van der Waals surface area contributed by atoms with Crippen molar-refractivity contribution in [2.45, 2.75) is 15.4 Å². The van der Waals surface area contributed by atoms with Crippen LogP contribution in [0.3, 0.4) is 0 Å².